The van der Waals surface area contributed by atoms with Crippen molar-refractivity contribution in [2.24, 2.45) is 0 Å². The minimum atomic E-state index is -0.270. The number of anilines is 1. The first-order chi connectivity index (χ1) is 12.1. The number of carbonyl (C=O) groups is 1. The molecule has 132 valence electrons. The zero-order valence-corrected chi connectivity index (χ0v) is 14.6. The van der Waals surface area contributed by atoms with Crippen molar-refractivity contribution in [1.82, 2.24) is 20.1 Å². The van der Waals surface area contributed by atoms with E-state index < -0.39 is 0 Å². The standard InChI is InChI=1S/C18H23N5O2/c1-12(19-16-7-4-8-23-17(16)20-13(2)21-23)14-5-3-6-15(11-14)22-9-10-25-18(22)24/h3,5-6,11-12,16,19H,4,7-10H2,1-2H3/t12-,16-/m1/s1. The van der Waals surface area contributed by atoms with Crippen LogP contribution in [0.2, 0.25) is 0 Å². The molecule has 4 rings (SSSR count). The van der Waals surface area contributed by atoms with E-state index in [0.717, 1.165) is 42.3 Å². The van der Waals surface area contributed by atoms with Gasteiger partial charge in [-0.3, -0.25) is 4.90 Å². The highest BCUT2D eigenvalue weighted by molar-refractivity contribution is 5.89. The lowest BCUT2D eigenvalue weighted by Crippen LogP contribution is -2.31. The second kappa shape index (κ2) is 6.48. The maximum atomic E-state index is 11.8. The molecule has 2 aromatic rings. The van der Waals surface area contributed by atoms with Crippen molar-refractivity contribution in [1.29, 1.82) is 0 Å². The predicted molar refractivity (Wildman–Crippen MR) is 93.4 cm³/mol. The fourth-order valence-electron chi connectivity index (χ4n) is 3.61. The van der Waals surface area contributed by atoms with E-state index in [0.29, 0.717) is 13.2 Å². The highest BCUT2D eigenvalue weighted by Gasteiger charge is 2.26. The van der Waals surface area contributed by atoms with Gasteiger partial charge in [0, 0.05) is 18.3 Å². The molecule has 1 aromatic heterocycles. The Kier molecular flexibility index (Phi) is 4.17. The monoisotopic (exact) mass is 341 g/mol. The molecule has 1 fully saturated rings. The number of benzene rings is 1. The van der Waals surface area contributed by atoms with Gasteiger partial charge in [0.1, 0.15) is 18.3 Å². The van der Waals surface area contributed by atoms with Gasteiger partial charge in [0.2, 0.25) is 0 Å². The van der Waals surface area contributed by atoms with E-state index in [1.54, 1.807) is 4.90 Å². The molecule has 1 N–H and O–H groups in total. The van der Waals surface area contributed by atoms with Gasteiger partial charge < -0.3 is 10.1 Å². The lowest BCUT2D eigenvalue weighted by atomic mass is 10.0. The summed E-state index contributed by atoms with van der Waals surface area (Å²) >= 11 is 0. The van der Waals surface area contributed by atoms with Crippen molar-refractivity contribution in [2.45, 2.75) is 45.3 Å². The molecule has 0 saturated carbocycles. The molecule has 3 heterocycles. The summed E-state index contributed by atoms with van der Waals surface area (Å²) in [5.74, 6) is 1.85. The molecule has 0 unspecified atom stereocenters. The Morgan fingerprint density at radius 1 is 1.36 bits per heavy atom. The molecule has 0 bridgehead atoms. The molecule has 1 amide bonds. The molecule has 0 spiro atoms. The number of ether oxygens (including phenoxy) is 1. The summed E-state index contributed by atoms with van der Waals surface area (Å²) in [7, 11) is 0. The Bertz CT molecular complexity index is 788. The van der Waals surface area contributed by atoms with Gasteiger partial charge in [-0.25, -0.2) is 14.5 Å². The third kappa shape index (κ3) is 3.11. The van der Waals surface area contributed by atoms with Crippen LogP contribution in [0.4, 0.5) is 10.5 Å². The summed E-state index contributed by atoms with van der Waals surface area (Å²) in [6.07, 6.45) is 1.88. The van der Waals surface area contributed by atoms with Crippen molar-refractivity contribution >= 4 is 11.8 Å². The largest absolute Gasteiger partial charge is 0.447 e. The average Bonchev–Trinajstić information content (AvgIpc) is 3.20. The van der Waals surface area contributed by atoms with Crippen LogP contribution in [0.5, 0.6) is 0 Å². The summed E-state index contributed by atoms with van der Waals surface area (Å²) in [6, 6.07) is 8.42. The van der Waals surface area contributed by atoms with Crippen LogP contribution >= 0.6 is 0 Å². The summed E-state index contributed by atoms with van der Waals surface area (Å²) in [4.78, 5) is 18.0. The normalized spacial score (nSPS) is 21.1. The lowest BCUT2D eigenvalue weighted by Gasteiger charge is -2.27. The molecule has 25 heavy (non-hydrogen) atoms. The Morgan fingerprint density at radius 2 is 2.24 bits per heavy atom. The predicted octanol–water partition coefficient (Wildman–Crippen LogP) is 2.73. The molecule has 2 aliphatic heterocycles. The summed E-state index contributed by atoms with van der Waals surface area (Å²) in [5.41, 5.74) is 2.03. The lowest BCUT2D eigenvalue weighted by molar-refractivity contribution is 0.181. The number of fused-ring (bicyclic) bond motifs is 1. The number of amides is 1. The summed E-state index contributed by atoms with van der Waals surface area (Å²) < 4.78 is 7.05. The van der Waals surface area contributed by atoms with Gasteiger partial charge in [-0.2, -0.15) is 5.10 Å². The van der Waals surface area contributed by atoms with Gasteiger partial charge in [-0.15, -0.1) is 0 Å². The molecule has 0 aliphatic carbocycles. The van der Waals surface area contributed by atoms with Crippen LogP contribution in [0.15, 0.2) is 24.3 Å². The number of cyclic esters (lactones) is 1. The third-order valence-corrected chi connectivity index (χ3v) is 4.87. The fourth-order valence-corrected chi connectivity index (χ4v) is 3.61. The third-order valence-electron chi connectivity index (χ3n) is 4.87. The van der Waals surface area contributed by atoms with Gasteiger partial charge in [0.05, 0.1) is 12.6 Å². The van der Waals surface area contributed by atoms with Gasteiger partial charge >= 0.3 is 6.09 Å². The topological polar surface area (TPSA) is 72.3 Å². The van der Waals surface area contributed by atoms with E-state index in [4.69, 9.17) is 4.74 Å². The Labute approximate surface area is 147 Å². The molecule has 7 heteroatoms. The highest BCUT2D eigenvalue weighted by atomic mass is 16.6. The van der Waals surface area contributed by atoms with Gasteiger partial charge in [0.15, 0.2) is 0 Å². The number of rotatable bonds is 4. The molecule has 1 saturated heterocycles. The number of hydrogen-bond donors (Lipinski definition) is 1. The molecule has 2 aliphatic rings. The van der Waals surface area contributed by atoms with Gasteiger partial charge in [-0.1, -0.05) is 12.1 Å². The van der Waals surface area contributed by atoms with E-state index in [1.807, 2.05) is 23.7 Å². The average molecular weight is 341 g/mol. The number of hydrogen-bond acceptors (Lipinski definition) is 5. The Hall–Kier alpha value is -2.41. The van der Waals surface area contributed by atoms with E-state index >= 15 is 0 Å². The Morgan fingerprint density at radius 3 is 3.04 bits per heavy atom. The van der Waals surface area contributed by atoms with Crippen LogP contribution < -0.4 is 10.2 Å². The van der Waals surface area contributed by atoms with Gasteiger partial charge in [0.25, 0.3) is 0 Å². The fraction of sp³-hybridized carbons (Fsp3) is 0.500. The number of nitrogens with zero attached hydrogens (tertiary/aromatic N) is 4. The summed E-state index contributed by atoms with van der Waals surface area (Å²) in [6.45, 7) is 6.08. The van der Waals surface area contributed by atoms with Crippen LogP contribution in [-0.2, 0) is 11.3 Å². The minimum absolute atomic E-state index is 0.145. The molecular weight excluding hydrogens is 318 g/mol. The van der Waals surface area contributed by atoms with E-state index in [-0.39, 0.29) is 18.2 Å². The van der Waals surface area contributed by atoms with Crippen molar-refractivity contribution < 1.29 is 9.53 Å². The van der Waals surface area contributed by atoms with Crippen LogP contribution in [0.1, 0.15) is 49.1 Å². The van der Waals surface area contributed by atoms with E-state index in [9.17, 15) is 4.79 Å². The van der Waals surface area contributed by atoms with Gasteiger partial charge in [-0.05, 0) is 44.4 Å². The van der Waals surface area contributed by atoms with Crippen LogP contribution in [0, 0.1) is 6.92 Å². The van der Waals surface area contributed by atoms with Crippen LogP contribution in [0.25, 0.3) is 0 Å². The highest BCUT2D eigenvalue weighted by Crippen LogP contribution is 2.28. The quantitative estimate of drug-likeness (QED) is 0.926. The van der Waals surface area contributed by atoms with E-state index in [2.05, 4.69) is 34.5 Å². The van der Waals surface area contributed by atoms with Crippen molar-refractivity contribution in [3.8, 4) is 0 Å². The molecule has 0 radical (unpaired) electrons. The Balaban J connectivity index is 1.52. The SMILES string of the molecule is Cc1nc2n(n1)CCC[C@H]2N[C@H](C)c1cccc(N2CCOC2=O)c1. The first kappa shape index (κ1) is 16.1. The van der Waals surface area contributed by atoms with Crippen molar-refractivity contribution in [3.63, 3.8) is 0 Å². The zero-order valence-electron chi connectivity index (χ0n) is 14.6. The first-order valence-electron chi connectivity index (χ1n) is 8.83. The first-order valence-corrected chi connectivity index (χ1v) is 8.83. The van der Waals surface area contributed by atoms with Crippen LogP contribution in [-0.4, -0.2) is 34.0 Å². The molecule has 7 nitrogen and oxygen atoms in total. The number of aromatic nitrogens is 3. The second-order valence-electron chi connectivity index (χ2n) is 6.68. The van der Waals surface area contributed by atoms with Crippen molar-refractivity contribution in [2.75, 3.05) is 18.1 Å². The molecule has 1 aromatic carbocycles. The maximum Gasteiger partial charge on any atom is 0.414 e. The van der Waals surface area contributed by atoms with Crippen LogP contribution in [0.3, 0.4) is 0 Å². The number of carbonyl (C=O) groups excluding carboxylic acids is 1. The maximum absolute atomic E-state index is 11.8. The summed E-state index contributed by atoms with van der Waals surface area (Å²) in [5, 5.41) is 8.14. The number of aryl methyl sites for hydroxylation is 2. The van der Waals surface area contributed by atoms with Crippen molar-refractivity contribution in [3.05, 3.63) is 41.5 Å². The smallest absolute Gasteiger partial charge is 0.414 e. The van der Waals surface area contributed by atoms with E-state index in [1.165, 1.54) is 0 Å². The number of nitrogens with one attached hydrogen (secondary N) is 1. The molecule has 2 atom stereocenters. The second-order valence-corrected chi connectivity index (χ2v) is 6.68. The minimum Gasteiger partial charge on any atom is -0.447 e. The molecular formula is C18H23N5O2. The zero-order chi connectivity index (χ0) is 17.4.